The Morgan fingerprint density at radius 3 is 2.88 bits per heavy atom. The second-order valence-corrected chi connectivity index (χ2v) is 7.14. The highest BCUT2D eigenvalue weighted by Gasteiger charge is 2.26. The lowest BCUT2D eigenvalue weighted by molar-refractivity contribution is 0.00743. The largest absolute Gasteiger partial charge is 0.389 e. The predicted molar refractivity (Wildman–Crippen MR) is 97.5 cm³/mol. The van der Waals surface area contributed by atoms with E-state index in [0.29, 0.717) is 25.8 Å². The topological polar surface area (TPSA) is 48.8 Å². The van der Waals surface area contributed by atoms with Gasteiger partial charge in [-0.3, -0.25) is 4.90 Å². The second kappa shape index (κ2) is 8.58. The van der Waals surface area contributed by atoms with E-state index in [1.165, 1.54) is 0 Å². The van der Waals surface area contributed by atoms with Crippen molar-refractivity contribution in [1.82, 2.24) is 9.88 Å². The average Bonchev–Trinajstić information content (AvgIpc) is 3.10. The summed E-state index contributed by atoms with van der Waals surface area (Å²) in [6.45, 7) is 6.63. The number of thiazole rings is 1. The molecule has 0 aliphatic carbocycles. The fraction of sp³-hybridized carbons (Fsp3) is 0.500. The van der Waals surface area contributed by atoms with Crippen LogP contribution in [-0.4, -0.2) is 59.9 Å². The van der Waals surface area contributed by atoms with Gasteiger partial charge in [0, 0.05) is 43.8 Å². The lowest BCUT2D eigenvalue weighted by Gasteiger charge is -2.40. The number of ether oxygens (including phenoxy) is 1. The van der Waals surface area contributed by atoms with Gasteiger partial charge in [-0.1, -0.05) is 30.3 Å². The number of aliphatic hydroxyl groups excluding tert-OH is 1. The molecule has 1 aliphatic heterocycles. The SMILES string of the molecule is C[C@H]1CN(C[C@@H](O)COCc2ccccc2)CCN1c1nccs1. The number of benzene rings is 1. The highest BCUT2D eigenvalue weighted by Crippen LogP contribution is 2.22. The maximum atomic E-state index is 10.2. The number of nitrogens with zero attached hydrogens (tertiary/aromatic N) is 3. The van der Waals surface area contributed by atoms with Gasteiger partial charge in [-0.15, -0.1) is 11.3 Å². The smallest absolute Gasteiger partial charge is 0.185 e. The van der Waals surface area contributed by atoms with Crippen LogP contribution in [0.25, 0.3) is 0 Å². The van der Waals surface area contributed by atoms with E-state index in [2.05, 4.69) is 21.7 Å². The molecule has 0 spiro atoms. The van der Waals surface area contributed by atoms with Crippen LogP contribution in [0.4, 0.5) is 5.13 Å². The zero-order chi connectivity index (χ0) is 16.8. The van der Waals surface area contributed by atoms with Gasteiger partial charge in [-0.2, -0.15) is 0 Å². The average molecular weight is 347 g/mol. The quantitative estimate of drug-likeness (QED) is 0.832. The number of aromatic nitrogens is 1. The Hall–Kier alpha value is -1.47. The number of hydrogen-bond donors (Lipinski definition) is 1. The van der Waals surface area contributed by atoms with Crippen LogP contribution >= 0.6 is 11.3 Å². The van der Waals surface area contributed by atoms with Crippen molar-refractivity contribution in [2.75, 3.05) is 37.7 Å². The number of aliphatic hydroxyl groups is 1. The Morgan fingerprint density at radius 1 is 1.33 bits per heavy atom. The zero-order valence-corrected chi connectivity index (χ0v) is 14.9. The first-order valence-corrected chi connectivity index (χ1v) is 9.28. The van der Waals surface area contributed by atoms with Crippen LogP contribution < -0.4 is 4.90 Å². The zero-order valence-electron chi connectivity index (χ0n) is 14.0. The van der Waals surface area contributed by atoms with Crippen molar-refractivity contribution >= 4 is 16.5 Å². The highest BCUT2D eigenvalue weighted by atomic mass is 32.1. The van der Waals surface area contributed by atoms with Crippen molar-refractivity contribution in [2.45, 2.75) is 25.7 Å². The fourth-order valence-electron chi connectivity index (χ4n) is 3.08. The first-order chi connectivity index (χ1) is 11.7. The van der Waals surface area contributed by atoms with E-state index in [1.807, 2.05) is 41.9 Å². The molecule has 0 bridgehead atoms. The molecule has 1 aliphatic rings. The van der Waals surface area contributed by atoms with Crippen LogP contribution in [0, 0.1) is 0 Å². The number of β-amino-alcohol motifs (C(OH)–C–C–N with tert-alkyl or cyclic N) is 1. The van der Waals surface area contributed by atoms with Crippen molar-refractivity contribution in [3.8, 4) is 0 Å². The molecule has 1 fully saturated rings. The first kappa shape index (κ1) is 17.4. The Kier molecular flexibility index (Phi) is 6.20. The molecule has 0 radical (unpaired) electrons. The summed E-state index contributed by atoms with van der Waals surface area (Å²) < 4.78 is 5.63. The molecule has 1 N–H and O–H groups in total. The molecule has 2 atom stereocenters. The van der Waals surface area contributed by atoms with E-state index in [0.717, 1.165) is 30.3 Å². The van der Waals surface area contributed by atoms with Crippen molar-refractivity contribution in [2.24, 2.45) is 0 Å². The summed E-state index contributed by atoms with van der Waals surface area (Å²) in [5.41, 5.74) is 1.13. The number of hydrogen-bond acceptors (Lipinski definition) is 6. The normalized spacial score (nSPS) is 20.2. The molecule has 1 aromatic carbocycles. The number of anilines is 1. The van der Waals surface area contributed by atoms with Crippen molar-refractivity contribution < 1.29 is 9.84 Å². The summed E-state index contributed by atoms with van der Waals surface area (Å²) in [6, 6.07) is 10.5. The second-order valence-electron chi connectivity index (χ2n) is 6.27. The maximum Gasteiger partial charge on any atom is 0.185 e. The molecular weight excluding hydrogens is 322 g/mol. The van der Waals surface area contributed by atoms with Crippen LogP contribution in [0.15, 0.2) is 41.9 Å². The van der Waals surface area contributed by atoms with Gasteiger partial charge in [-0.05, 0) is 12.5 Å². The molecule has 1 saturated heterocycles. The number of piperazine rings is 1. The van der Waals surface area contributed by atoms with Gasteiger partial charge in [0.1, 0.15) is 0 Å². The third kappa shape index (κ3) is 4.77. The fourth-order valence-corrected chi connectivity index (χ4v) is 3.85. The molecule has 5 nitrogen and oxygen atoms in total. The summed E-state index contributed by atoms with van der Waals surface area (Å²) in [5.74, 6) is 0. The van der Waals surface area contributed by atoms with Crippen LogP contribution in [0.5, 0.6) is 0 Å². The van der Waals surface area contributed by atoms with E-state index >= 15 is 0 Å². The Bertz CT molecular complexity index is 594. The molecule has 0 amide bonds. The summed E-state index contributed by atoms with van der Waals surface area (Å²) in [5, 5.41) is 13.3. The Labute approximate surface area is 147 Å². The lowest BCUT2D eigenvalue weighted by Crippen LogP contribution is -2.53. The summed E-state index contributed by atoms with van der Waals surface area (Å²) in [4.78, 5) is 9.06. The van der Waals surface area contributed by atoms with Gasteiger partial charge in [0.25, 0.3) is 0 Å². The molecular formula is C18H25N3O2S. The maximum absolute atomic E-state index is 10.2. The molecule has 2 aromatic rings. The molecule has 0 saturated carbocycles. The minimum absolute atomic E-state index is 0.371. The third-order valence-corrected chi connectivity index (χ3v) is 5.08. The summed E-state index contributed by atoms with van der Waals surface area (Å²) in [6.07, 6.45) is 1.40. The third-order valence-electron chi connectivity index (χ3n) is 4.27. The summed E-state index contributed by atoms with van der Waals surface area (Å²) in [7, 11) is 0. The minimum atomic E-state index is -0.452. The van der Waals surface area contributed by atoms with Gasteiger partial charge in [0.15, 0.2) is 5.13 Å². The first-order valence-electron chi connectivity index (χ1n) is 8.40. The van der Waals surface area contributed by atoms with Crippen molar-refractivity contribution in [3.63, 3.8) is 0 Å². The number of rotatable bonds is 7. The lowest BCUT2D eigenvalue weighted by atomic mass is 10.2. The van der Waals surface area contributed by atoms with Gasteiger partial charge in [-0.25, -0.2) is 4.98 Å². The molecule has 2 heterocycles. The molecule has 24 heavy (non-hydrogen) atoms. The van der Waals surface area contributed by atoms with Gasteiger partial charge in [0.2, 0.25) is 0 Å². The van der Waals surface area contributed by atoms with Gasteiger partial charge in [0.05, 0.1) is 19.3 Å². The van der Waals surface area contributed by atoms with Crippen LogP contribution in [0.2, 0.25) is 0 Å². The molecule has 6 heteroatoms. The van der Waals surface area contributed by atoms with E-state index < -0.39 is 6.10 Å². The van der Waals surface area contributed by atoms with E-state index in [-0.39, 0.29) is 0 Å². The van der Waals surface area contributed by atoms with Gasteiger partial charge < -0.3 is 14.7 Å². The van der Waals surface area contributed by atoms with E-state index in [1.54, 1.807) is 11.3 Å². The van der Waals surface area contributed by atoms with Crippen LogP contribution in [0.3, 0.4) is 0 Å². The molecule has 130 valence electrons. The Morgan fingerprint density at radius 2 is 2.17 bits per heavy atom. The minimum Gasteiger partial charge on any atom is -0.389 e. The monoisotopic (exact) mass is 347 g/mol. The standard InChI is InChI=1S/C18H25N3O2S/c1-15-11-20(8-9-21(15)18-19-7-10-24-18)12-17(22)14-23-13-16-5-3-2-4-6-16/h2-7,10,15,17,22H,8-9,11-14H2,1H3/t15-,17+/m0/s1. The van der Waals surface area contributed by atoms with Crippen LogP contribution in [-0.2, 0) is 11.3 Å². The Balaban J connectivity index is 1.39. The molecule has 0 unspecified atom stereocenters. The predicted octanol–water partition coefficient (Wildman–Crippen LogP) is 2.23. The van der Waals surface area contributed by atoms with Crippen LogP contribution in [0.1, 0.15) is 12.5 Å². The molecule has 3 rings (SSSR count). The van der Waals surface area contributed by atoms with E-state index in [9.17, 15) is 5.11 Å². The molecule has 1 aromatic heterocycles. The van der Waals surface area contributed by atoms with E-state index in [4.69, 9.17) is 4.74 Å². The highest BCUT2D eigenvalue weighted by molar-refractivity contribution is 7.13. The van der Waals surface area contributed by atoms with Gasteiger partial charge >= 0.3 is 0 Å². The van der Waals surface area contributed by atoms with Crippen molar-refractivity contribution in [1.29, 1.82) is 0 Å². The summed E-state index contributed by atoms with van der Waals surface area (Å²) >= 11 is 1.68. The van der Waals surface area contributed by atoms with Crippen molar-refractivity contribution in [3.05, 3.63) is 47.5 Å².